The Morgan fingerprint density at radius 3 is 2.55 bits per heavy atom. The summed E-state index contributed by atoms with van der Waals surface area (Å²) >= 11 is 9.13. The third-order valence-electron chi connectivity index (χ3n) is 4.69. The Bertz CT molecular complexity index is 758. The molecule has 3 nitrogen and oxygen atoms in total. The van der Waals surface area contributed by atoms with Crippen molar-refractivity contribution in [1.29, 1.82) is 0 Å². The molecule has 22 heavy (non-hydrogen) atoms. The van der Waals surface area contributed by atoms with E-state index in [1.165, 1.54) is 19.3 Å². The van der Waals surface area contributed by atoms with Gasteiger partial charge in [0.05, 0.1) is 9.50 Å². The molecular weight excluding hydrogens is 376 g/mol. The average Bonchev–Trinajstić information content (AvgIpc) is 2.84. The largest absolute Gasteiger partial charge is 0.355 e. The molecule has 7 heteroatoms. The lowest BCUT2D eigenvalue weighted by atomic mass is 9.98. The molecule has 2 heterocycles. The molecule has 1 saturated heterocycles. The Labute approximate surface area is 139 Å². The lowest BCUT2D eigenvalue weighted by Gasteiger charge is -2.33. The van der Waals surface area contributed by atoms with Gasteiger partial charge in [0.25, 0.3) is 0 Å². The van der Waals surface area contributed by atoms with Gasteiger partial charge in [0.1, 0.15) is 11.3 Å². The summed E-state index contributed by atoms with van der Waals surface area (Å²) in [7, 11) is 0. The second-order valence-corrected chi connectivity index (χ2v) is 7.35. The van der Waals surface area contributed by atoms with Crippen molar-refractivity contribution in [2.75, 3.05) is 18.0 Å². The molecule has 2 fully saturated rings. The first kappa shape index (κ1) is 14.6. The minimum atomic E-state index is -0.909. The molecule has 1 saturated carbocycles. The Morgan fingerprint density at radius 1 is 1.18 bits per heavy atom. The van der Waals surface area contributed by atoms with Gasteiger partial charge in [-0.25, -0.2) is 4.39 Å². The summed E-state index contributed by atoms with van der Waals surface area (Å²) in [6, 6.07) is 1.61. The van der Waals surface area contributed by atoms with Gasteiger partial charge in [-0.15, -0.1) is 0 Å². The van der Waals surface area contributed by atoms with Gasteiger partial charge in [0.15, 0.2) is 5.82 Å². The van der Waals surface area contributed by atoms with Crippen LogP contribution >= 0.6 is 27.5 Å². The van der Waals surface area contributed by atoms with Crippen LogP contribution in [0.15, 0.2) is 10.5 Å². The Morgan fingerprint density at radius 2 is 1.86 bits per heavy atom. The van der Waals surface area contributed by atoms with E-state index >= 15 is 0 Å². The van der Waals surface area contributed by atoms with Gasteiger partial charge in [-0.1, -0.05) is 11.6 Å². The van der Waals surface area contributed by atoms with E-state index in [9.17, 15) is 8.78 Å². The van der Waals surface area contributed by atoms with Gasteiger partial charge < -0.3 is 4.90 Å². The van der Waals surface area contributed by atoms with E-state index in [0.29, 0.717) is 23.0 Å². The molecule has 0 spiro atoms. The highest BCUT2D eigenvalue weighted by Gasteiger charge is 2.34. The molecular formula is C15H13BrClF2N3. The summed E-state index contributed by atoms with van der Waals surface area (Å²) in [5, 5.41) is 0.704. The molecule has 2 aliphatic rings. The van der Waals surface area contributed by atoms with Crippen LogP contribution in [0.4, 0.5) is 14.6 Å². The smallest absolute Gasteiger partial charge is 0.311 e. The fourth-order valence-corrected chi connectivity index (χ4v) is 4.25. The van der Waals surface area contributed by atoms with Gasteiger partial charge in [-0.2, -0.15) is 14.4 Å². The van der Waals surface area contributed by atoms with Crippen molar-refractivity contribution in [2.24, 2.45) is 11.8 Å². The van der Waals surface area contributed by atoms with Crippen LogP contribution in [-0.4, -0.2) is 23.1 Å². The number of halogens is 4. The molecule has 0 N–H and O–H groups in total. The van der Waals surface area contributed by atoms with Crippen molar-refractivity contribution >= 4 is 44.3 Å². The molecule has 1 aliphatic carbocycles. The van der Waals surface area contributed by atoms with Crippen molar-refractivity contribution in [3.05, 3.63) is 27.5 Å². The van der Waals surface area contributed by atoms with Crippen molar-refractivity contribution in [1.82, 2.24) is 9.97 Å². The summed E-state index contributed by atoms with van der Waals surface area (Å²) in [6.45, 7) is 1.66. The summed E-state index contributed by atoms with van der Waals surface area (Å²) < 4.78 is 28.3. The predicted octanol–water partition coefficient (Wildman–Crippen LogP) is 4.56. The number of anilines is 1. The molecule has 2 aromatic rings. The van der Waals surface area contributed by atoms with E-state index < -0.39 is 11.9 Å². The molecule has 0 amide bonds. The highest BCUT2D eigenvalue weighted by Crippen LogP contribution is 2.40. The monoisotopic (exact) mass is 387 g/mol. The maximum atomic E-state index is 14.3. The predicted molar refractivity (Wildman–Crippen MR) is 85.2 cm³/mol. The van der Waals surface area contributed by atoms with Crippen LogP contribution in [0.5, 0.6) is 0 Å². The lowest BCUT2D eigenvalue weighted by Crippen LogP contribution is -2.37. The highest BCUT2D eigenvalue weighted by molar-refractivity contribution is 9.10. The van der Waals surface area contributed by atoms with Crippen LogP contribution in [0.2, 0.25) is 5.02 Å². The zero-order chi connectivity index (χ0) is 15.4. The SMILES string of the molecule is Fc1nc(N2CC3CCC(C3)C2)c2cc(Cl)c(Br)c(F)c2n1. The maximum absolute atomic E-state index is 14.3. The van der Waals surface area contributed by atoms with Crippen LogP contribution in [0.25, 0.3) is 10.9 Å². The molecule has 1 aromatic carbocycles. The van der Waals surface area contributed by atoms with Gasteiger partial charge in [-0.05, 0) is 53.1 Å². The summed E-state index contributed by atoms with van der Waals surface area (Å²) in [5.41, 5.74) is -0.0308. The zero-order valence-electron chi connectivity index (χ0n) is 11.6. The molecule has 116 valence electrons. The van der Waals surface area contributed by atoms with E-state index in [2.05, 4.69) is 30.8 Å². The average molecular weight is 389 g/mol. The molecule has 4 rings (SSSR count). The van der Waals surface area contributed by atoms with E-state index in [0.717, 1.165) is 13.1 Å². The van der Waals surface area contributed by atoms with Gasteiger partial charge >= 0.3 is 6.08 Å². The first-order valence-corrected chi connectivity index (χ1v) is 8.45. The van der Waals surface area contributed by atoms with Gasteiger partial charge in [-0.3, -0.25) is 0 Å². The van der Waals surface area contributed by atoms with Gasteiger partial charge in [0.2, 0.25) is 0 Å². The molecule has 2 unspecified atom stereocenters. The highest BCUT2D eigenvalue weighted by atomic mass is 79.9. The molecule has 2 atom stereocenters. The van der Waals surface area contributed by atoms with Crippen molar-refractivity contribution in [2.45, 2.75) is 19.3 Å². The minimum Gasteiger partial charge on any atom is -0.355 e. The van der Waals surface area contributed by atoms with E-state index in [1.807, 2.05) is 0 Å². The van der Waals surface area contributed by atoms with Crippen molar-refractivity contribution < 1.29 is 8.78 Å². The summed E-state index contributed by atoms with van der Waals surface area (Å²) in [4.78, 5) is 9.62. The topological polar surface area (TPSA) is 29.0 Å². The van der Waals surface area contributed by atoms with Crippen LogP contribution in [0.3, 0.4) is 0 Å². The number of benzene rings is 1. The first-order valence-electron chi connectivity index (χ1n) is 7.28. The second-order valence-electron chi connectivity index (χ2n) is 6.15. The summed E-state index contributed by atoms with van der Waals surface area (Å²) in [5.74, 6) is 1.03. The van der Waals surface area contributed by atoms with Crippen LogP contribution in [-0.2, 0) is 0 Å². The Kier molecular flexibility index (Phi) is 3.49. The Hall–Kier alpha value is -1.01. The molecule has 1 aromatic heterocycles. The third-order valence-corrected chi connectivity index (χ3v) is 5.99. The van der Waals surface area contributed by atoms with Crippen LogP contribution in [0.1, 0.15) is 19.3 Å². The number of piperidine rings is 1. The molecule has 1 aliphatic heterocycles. The quantitative estimate of drug-likeness (QED) is 0.530. The van der Waals surface area contributed by atoms with Crippen LogP contribution in [0, 0.1) is 23.7 Å². The standard InChI is InChI=1S/C15H13BrClF2N3/c16-11-10(17)4-9-13(12(11)18)20-15(19)21-14(9)22-5-7-1-2-8(3-7)6-22/h4,7-8H,1-3,5-6H2. The van der Waals surface area contributed by atoms with Crippen molar-refractivity contribution in [3.8, 4) is 0 Å². The maximum Gasteiger partial charge on any atom is 0.311 e. The molecule has 0 radical (unpaired) electrons. The number of aromatic nitrogens is 2. The normalized spacial score (nSPS) is 24.3. The first-order chi connectivity index (χ1) is 10.5. The number of fused-ring (bicyclic) bond motifs is 3. The summed E-state index contributed by atoms with van der Waals surface area (Å²) in [6.07, 6.45) is 2.72. The Balaban J connectivity index is 1.90. The lowest BCUT2D eigenvalue weighted by molar-refractivity contribution is 0.417. The van der Waals surface area contributed by atoms with Crippen molar-refractivity contribution in [3.63, 3.8) is 0 Å². The number of hydrogen-bond donors (Lipinski definition) is 0. The van der Waals surface area contributed by atoms with E-state index in [1.54, 1.807) is 6.07 Å². The van der Waals surface area contributed by atoms with Gasteiger partial charge in [0, 0.05) is 18.5 Å². The minimum absolute atomic E-state index is 0.0308. The number of nitrogens with zero attached hydrogens (tertiary/aromatic N) is 3. The fraction of sp³-hybridized carbons (Fsp3) is 0.467. The van der Waals surface area contributed by atoms with E-state index in [4.69, 9.17) is 11.6 Å². The van der Waals surface area contributed by atoms with E-state index in [-0.39, 0.29) is 15.0 Å². The number of rotatable bonds is 1. The molecule has 2 bridgehead atoms. The zero-order valence-corrected chi connectivity index (χ0v) is 14.0. The third kappa shape index (κ3) is 2.27. The van der Waals surface area contributed by atoms with Crippen LogP contribution < -0.4 is 4.90 Å². The fourth-order valence-electron chi connectivity index (χ4n) is 3.75. The second kappa shape index (κ2) is 5.27. The number of hydrogen-bond acceptors (Lipinski definition) is 3.